The van der Waals surface area contributed by atoms with Crippen LogP contribution >= 0.6 is 0 Å². The number of benzene rings is 2. The van der Waals surface area contributed by atoms with E-state index in [-0.39, 0.29) is 11.7 Å². The monoisotopic (exact) mass is 284 g/mol. The third-order valence-electron chi connectivity index (χ3n) is 4.24. The summed E-state index contributed by atoms with van der Waals surface area (Å²) in [6, 6.07) is 14.4. The Morgan fingerprint density at radius 2 is 1.81 bits per heavy atom. The molecule has 1 aliphatic rings. The van der Waals surface area contributed by atoms with E-state index in [1.54, 1.807) is 0 Å². The number of anilines is 1. The zero-order valence-corrected chi connectivity index (χ0v) is 12.8. The third kappa shape index (κ3) is 2.54. The van der Waals surface area contributed by atoms with E-state index in [1.807, 2.05) is 43.3 Å². The van der Waals surface area contributed by atoms with E-state index < -0.39 is 0 Å². The average Bonchev–Trinajstić information content (AvgIpc) is 2.48. The molecule has 21 heavy (non-hydrogen) atoms. The van der Waals surface area contributed by atoms with Gasteiger partial charge in [0.1, 0.15) is 0 Å². The first-order valence-corrected chi connectivity index (χ1v) is 7.30. The van der Waals surface area contributed by atoms with Gasteiger partial charge in [0.15, 0.2) is 5.82 Å². The standard InChI is InChI=1S/C18H21FN2/c1-20(2)17-10-9-14-15(13-7-5-4-6-8-13)11-21(3)12-16(14)18(17)19/h4-10,15H,11-12H2,1-3H3. The van der Waals surface area contributed by atoms with Crippen LogP contribution in [0.3, 0.4) is 0 Å². The van der Waals surface area contributed by atoms with Gasteiger partial charge in [-0.25, -0.2) is 4.39 Å². The second kappa shape index (κ2) is 5.49. The molecule has 0 saturated heterocycles. The molecule has 1 atom stereocenters. The van der Waals surface area contributed by atoms with Crippen LogP contribution in [0.25, 0.3) is 0 Å². The van der Waals surface area contributed by atoms with Crippen molar-refractivity contribution in [2.75, 3.05) is 32.6 Å². The molecule has 1 heterocycles. The lowest BCUT2D eigenvalue weighted by molar-refractivity contribution is 0.288. The Kier molecular flexibility index (Phi) is 3.68. The van der Waals surface area contributed by atoms with E-state index in [0.29, 0.717) is 12.2 Å². The van der Waals surface area contributed by atoms with Crippen LogP contribution in [0, 0.1) is 5.82 Å². The summed E-state index contributed by atoms with van der Waals surface area (Å²) < 4.78 is 14.8. The van der Waals surface area contributed by atoms with Gasteiger partial charge in [0.05, 0.1) is 5.69 Å². The van der Waals surface area contributed by atoms with Crippen molar-refractivity contribution in [3.05, 3.63) is 65.0 Å². The molecule has 1 unspecified atom stereocenters. The van der Waals surface area contributed by atoms with Gasteiger partial charge in [0, 0.05) is 38.7 Å². The normalized spacial score (nSPS) is 18.4. The van der Waals surface area contributed by atoms with E-state index in [0.717, 1.165) is 17.7 Å². The lowest BCUT2D eigenvalue weighted by Gasteiger charge is -2.33. The van der Waals surface area contributed by atoms with Crippen LogP contribution in [0.5, 0.6) is 0 Å². The maximum absolute atomic E-state index is 14.8. The number of likely N-dealkylation sites (N-methyl/N-ethyl adjacent to an activating group) is 1. The topological polar surface area (TPSA) is 6.48 Å². The fourth-order valence-electron chi connectivity index (χ4n) is 3.17. The highest BCUT2D eigenvalue weighted by atomic mass is 19.1. The molecule has 0 fully saturated rings. The van der Waals surface area contributed by atoms with E-state index in [9.17, 15) is 4.39 Å². The number of nitrogens with zero attached hydrogens (tertiary/aromatic N) is 2. The van der Waals surface area contributed by atoms with Crippen LogP contribution in [-0.2, 0) is 6.54 Å². The molecule has 0 spiro atoms. The van der Waals surface area contributed by atoms with Crippen LogP contribution in [0.1, 0.15) is 22.6 Å². The summed E-state index contributed by atoms with van der Waals surface area (Å²) in [5, 5.41) is 0. The molecule has 2 aromatic carbocycles. The molecule has 2 nitrogen and oxygen atoms in total. The highest BCUT2D eigenvalue weighted by Crippen LogP contribution is 2.36. The summed E-state index contributed by atoms with van der Waals surface area (Å²) >= 11 is 0. The predicted molar refractivity (Wildman–Crippen MR) is 85.3 cm³/mol. The smallest absolute Gasteiger partial charge is 0.151 e. The molecule has 0 saturated carbocycles. The van der Waals surface area contributed by atoms with Gasteiger partial charge >= 0.3 is 0 Å². The second-order valence-corrected chi connectivity index (χ2v) is 6.02. The number of hydrogen-bond donors (Lipinski definition) is 0. The minimum atomic E-state index is -0.0787. The average molecular weight is 284 g/mol. The van der Waals surface area contributed by atoms with Crippen molar-refractivity contribution in [3.8, 4) is 0 Å². The Morgan fingerprint density at radius 1 is 1.10 bits per heavy atom. The summed E-state index contributed by atoms with van der Waals surface area (Å²) in [6.45, 7) is 1.60. The van der Waals surface area contributed by atoms with E-state index in [1.165, 1.54) is 5.56 Å². The van der Waals surface area contributed by atoms with Crippen molar-refractivity contribution in [1.29, 1.82) is 0 Å². The molecular formula is C18H21FN2. The van der Waals surface area contributed by atoms with Gasteiger partial charge in [-0.1, -0.05) is 36.4 Å². The first-order chi connectivity index (χ1) is 10.1. The van der Waals surface area contributed by atoms with Crippen LogP contribution in [-0.4, -0.2) is 32.6 Å². The third-order valence-corrected chi connectivity index (χ3v) is 4.24. The van der Waals surface area contributed by atoms with Crippen molar-refractivity contribution in [3.63, 3.8) is 0 Å². The van der Waals surface area contributed by atoms with Gasteiger partial charge in [-0.15, -0.1) is 0 Å². The summed E-state index contributed by atoms with van der Waals surface area (Å²) in [4.78, 5) is 4.03. The highest BCUT2D eigenvalue weighted by Gasteiger charge is 2.28. The van der Waals surface area contributed by atoms with Crippen molar-refractivity contribution in [1.82, 2.24) is 4.90 Å². The molecule has 110 valence electrons. The Morgan fingerprint density at radius 3 is 2.48 bits per heavy atom. The molecule has 0 radical (unpaired) electrons. The lowest BCUT2D eigenvalue weighted by atomic mass is 9.84. The number of rotatable bonds is 2. The molecule has 0 bridgehead atoms. The van der Waals surface area contributed by atoms with E-state index in [2.05, 4.69) is 30.1 Å². The number of halogens is 1. The van der Waals surface area contributed by atoms with E-state index in [4.69, 9.17) is 0 Å². The molecule has 0 aromatic heterocycles. The summed E-state index contributed by atoms with van der Waals surface area (Å²) in [6.07, 6.45) is 0. The Labute approximate surface area is 125 Å². The van der Waals surface area contributed by atoms with Gasteiger partial charge in [0.25, 0.3) is 0 Å². The van der Waals surface area contributed by atoms with Crippen molar-refractivity contribution >= 4 is 5.69 Å². The maximum Gasteiger partial charge on any atom is 0.151 e. The van der Waals surface area contributed by atoms with Gasteiger partial charge in [-0.3, -0.25) is 0 Å². The molecular weight excluding hydrogens is 263 g/mol. The van der Waals surface area contributed by atoms with Crippen molar-refractivity contribution in [2.45, 2.75) is 12.5 Å². The SMILES string of the molecule is CN1Cc2c(ccc(N(C)C)c2F)C(c2ccccc2)C1. The molecule has 0 amide bonds. The zero-order chi connectivity index (χ0) is 15.0. The minimum Gasteiger partial charge on any atom is -0.375 e. The van der Waals surface area contributed by atoms with Crippen molar-refractivity contribution in [2.24, 2.45) is 0 Å². The van der Waals surface area contributed by atoms with Gasteiger partial charge in [-0.2, -0.15) is 0 Å². The molecule has 1 aliphatic heterocycles. The molecule has 3 rings (SSSR count). The fourth-order valence-corrected chi connectivity index (χ4v) is 3.17. The molecule has 0 aliphatic carbocycles. The van der Waals surface area contributed by atoms with Crippen LogP contribution < -0.4 is 4.90 Å². The molecule has 3 heteroatoms. The maximum atomic E-state index is 14.8. The first-order valence-electron chi connectivity index (χ1n) is 7.30. The summed E-state index contributed by atoms with van der Waals surface area (Å²) in [7, 11) is 5.82. The Bertz CT molecular complexity index is 637. The minimum absolute atomic E-state index is 0.0787. The second-order valence-electron chi connectivity index (χ2n) is 6.02. The number of hydrogen-bond acceptors (Lipinski definition) is 2. The van der Waals surface area contributed by atoms with Crippen LogP contribution in [0.2, 0.25) is 0 Å². The number of fused-ring (bicyclic) bond motifs is 1. The van der Waals surface area contributed by atoms with Gasteiger partial charge in [0.2, 0.25) is 0 Å². The largest absolute Gasteiger partial charge is 0.375 e. The first kappa shape index (κ1) is 14.1. The zero-order valence-electron chi connectivity index (χ0n) is 12.8. The lowest BCUT2D eigenvalue weighted by Crippen LogP contribution is -2.32. The Balaban J connectivity index is 2.12. The van der Waals surface area contributed by atoms with Crippen LogP contribution in [0.15, 0.2) is 42.5 Å². The fraction of sp³-hybridized carbons (Fsp3) is 0.333. The van der Waals surface area contributed by atoms with Gasteiger partial charge in [-0.05, 0) is 24.2 Å². The quantitative estimate of drug-likeness (QED) is 0.833. The molecule has 0 N–H and O–H groups in total. The summed E-state index contributed by atoms with van der Waals surface area (Å²) in [5.41, 5.74) is 3.88. The highest BCUT2D eigenvalue weighted by molar-refractivity contribution is 5.54. The Hall–Kier alpha value is -1.87. The van der Waals surface area contributed by atoms with Crippen LogP contribution in [0.4, 0.5) is 10.1 Å². The van der Waals surface area contributed by atoms with Gasteiger partial charge < -0.3 is 9.80 Å². The van der Waals surface area contributed by atoms with E-state index >= 15 is 0 Å². The predicted octanol–water partition coefficient (Wildman–Crippen LogP) is 3.47. The summed E-state index contributed by atoms with van der Waals surface area (Å²) in [5.74, 6) is 0.163. The van der Waals surface area contributed by atoms with Crippen molar-refractivity contribution < 1.29 is 4.39 Å². The molecule has 2 aromatic rings.